The third-order valence-electron chi connectivity index (χ3n) is 2.13. The van der Waals surface area contributed by atoms with Crippen LogP contribution in [0.2, 0.25) is 5.02 Å². The van der Waals surface area contributed by atoms with Crippen LogP contribution in [0.3, 0.4) is 0 Å². The fourth-order valence-corrected chi connectivity index (χ4v) is 1.48. The molecule has 0 radical (unpaired) electrons. The number of nitrogens with two attached hydrogens (primary N) is 1. The summed E-state index contributed by atoms with van der Waals surface area (Å²) in [5.41, 5.74) is 8.15. The van der Waals surface area contributed by atoms with Crippen molar-refractivity contribution >= 4 is 11.6 Å². The number of halogens is 1. The average Bonchev–Trinajstić information content (AvgIpc) is 2.03. The maximum absolute atomic E-state index is 5.98. The van der Waals surface area contributed by atoms with Crippen LogP contribution in [-0.4, -0.2) is 0 Å². The van der Waals surface area contributed by atoms with Crippen LogP contribution < -0.4 is 5.73 Å². The SMILES string of the molecule is CC(C)c1cc(Cl)cc(C(C)N)c1. The van der Waals surface area contributed by atoms with Crippen LogP contribution in [-0.2, 0) is 0 Å². The van der Waals surface area contributed by atoms with E-state index in [2.05, 4.69) is 19.9 Å². The molecular weight excluding hydrogens is 182 g/mol. The van der Waals surface area contributed by atoms with E-state index >= 15 is 0 Å². The predicted octanol–water partition coefficient (Wildman–Crippen LogP) is 3.48. The van der Waals surface area contributed by atoms with Crippen molar-refractivity contribution in [3.63, 3.8) is 0 Å². The Kier molecular flexibility index (Phi) is 3.34. The van der Waals surface area contributed by atoms with Crippen LogP contribution in [0.4, 0.5) is 0 Å². The van der Waals surface area contributed by atoms with E-state index in [9.17, 15) is 0 Å². The first-order chi connectivity index (χ1) is 6.00. The summed E-state index contributed by atoms with van der Waals surface area (Å²) in [6.45, 7) is 6.27. The van der Waals surface area contributed by atoms with Crippen LogP contribution in [0.1, 0.15) is 43.9 Å². The lowest BCUT2D eigenvalue weighted by molar-refractivity contribution is 0.803. The first-order valence-electron chi connectivity index (χ1n) is 4.56. The molecule has 1 aromatic carbocycles. The van der Waals surface area contributed by atoms with Gasteiger partial charge in [-0.15, -0.1) is 0 Å². The van der Waals surface area contributed by atoms with E-state index in [-0.39, 0.29) is 6.04 Å². The molecule has 0 saturated carbocycles. The van der Waals surface area contributed by atoms with Gasteiger partial charge in [0.25, 0.3) is 0 Å². The molecule has 0 aliphatic carbocycles. The van der Waals surface area contributed by atoms with Crippen molar-refractivity contribution in [3.8, 4) is 0 Å². The maximum atomic E-state index is 5.98. The second-order valence-corrected chi connectivity index (χ2v) is 4.20. The summed E-state index contributed by atoms with van der Waals surface area (Å²) in [7, 11) is 0. The van der Waals surface area contributed by atoms with Gasteiger partial charge in [-0.05, 0) is 36.1 Å². The molecule has 1 atom stereocenters. The van der Waals surface area contributed by atoms with Crippen molar-refractivity contribution in [2.45, 2.75) is 32.7 Å². The zero-order valence-electron chi connectivity index (χ0n) is 8.34. The summed E-state index contributed by atoms with van der Waals surface area (Å²) >= 11 is 5.98. The Bertz CT molecular complexity index is 266. The number of rotatable bonds is 2. The van der Waals surface area contributed by atoms with E-state index < -0.39 is 0 Å². The van der Waals surface area contributed by atoms with E-state index in [4.69, 9.17) is 17.3 Å². The Balaban J connectivity index is 3.11. The highest BCUT2D eigenvalue weighted by atomic mass is 35.5. The Morgan fingerprint density at radius 1 is 1.08 bits per heavy atom. The molecule has 2 N–H and O–H groups in total. The van der Waals surface area contributed by atoms with E-state index in [1.807, 2.05) is 19.1 Å². The van der Waals surface area contributed by atoms with Gasteiger partial charge in [0.1, 0.15) is 0 Å². The van der Waals surface area contributed by atoms with Gasteiger partial charge in [0.15, 0.2) is 0 Å². The normalized spacial score (nSPS) is 13.4. The summed E-state index contributed by atoms with van der Waals surface area (Å²) in [6, 6.07) is 6.11. The van der Waals surface area contributed by atoms with Crippen LogP contribution in [0, 0.1) is 0 Å². The monoisotopic (exact) mass is 197 g/mol. The zero-order chi connectivity index (χ0) is 10.0. The summed E-state index contributed by atoms with van der Waals surface area (Å²) < 4.78 is 0. The molecule has 0 fully saturated rings. The third-order valence-corrected chi connectivity index (χ3v) is 2.35. The van der Waals surface area contributed by atoms with Gasteiger partial charge in [-0.2, -0.15) is 0 Å². The van der Waals surface area contributed by atoms with Gasteiger partial charge >= 0.3 is 0 Å². The highest BCUT2D eigenvalue weighted by molar-refractivity contribution is 6.30. The van der Waals surface area contributed by atoms with E-state index in [1.165, 1.54) is 5.56 Å². The number of hydrogen-bond donors (Lipinski definition) is 1. The van der Waals surface area contributed by atoms with Crippen molar-refractivity contribution in [1.29, 1.82) is 0 Å². The van der Waals surface area contributed by atoms with Crippen molar-refractivity contribution in [2.75, 3.05) is 0 Å². The highest BCUT2D eigenvalue weighted by Gasteiger charge is 2.05. The van der Waals surface area contributed by atoms with Crippen LogP contribution >= 0.6 is 11.6 Å². The lowest BCUT2D eigenvalue weighted by Crippen LogP contribution is -2.05. The lowest BCUT2D eigenvalue weighted by Gasteiger charge is -2.11. The molecule has 0 amide bonds. The van der Waals surface area contributed by atoms with Crippen molar-refractivity contribution < 1.29 is 0 Å². The molecular formula is C11H16ClN. The highest BCUT2D eigenvalue weighted by Crippen LogP contribution is 2.23. The van der Waals surface area contributed by atoms with E-state index in [0.717, 1.165) is 10.6 Å². The summed E-state index contributed by atoms with van der Waals surface area (Å²) in [5.74, 6) is 0.496. The van der Waals surface area contributed by atoms with Gasteiger partial charge in [-0.25, -0.2) is 0 Å². The molecule has 0 bridgehead atoms. The zero-order valence-corrected chi connectivity index (χ0v) is 9.10. The quantitative estimate of drug-likeness (QED) is 0.772. The molecule has 1 nitrogen and oxygen atoms in total. The second-order valence-electron chi connectivity index (χ2n) is 3.76. The summed E-state index contributed by atoms with van der Waals surface area (Å²) in [6.07, 6.45) is 0. The molecule has 1 rings (SSSR count). The van der Waals surface area contributed by atoms with E-state index in [0.29, 0.717) is 5.92 Å². The molecule has 2 heteroatoms. The molecule has 72 valence electrons. The average molecular weight is 198 g/mol. The second kappa shape index (κ2) is 4.12. The molecule has 0 saturated heterocycles. The Hall–Kier alpha value is -0.530. The minimum atomic E-state index is 0.0520. The van der Waals surface area contributed by atoms with Gasteiger partial charge in [0.2, 0.25) is 0 Å². The summed E-state index contributed by atoms with van der Waals surface area (Å²) in [4.78, 5) is 0. The largest absolute Gasteiger partial charge is 0.324 e. The van der Waals surface area contributed by atoms with Crippen LogP contribution in [0.25, 0.3) is 0 Å². The first kappa shape index (κ1) is 10.6. The molecule has 0 heterocycles. The molecule has 13 heavy (non-hydrogen) atoms. The number of hydrogen-bond acceptors (Lipinski definition) is 1. The maximum Gasteiger partial charge on any atom is 0.0412 e. The fourth-order valence-electron chi connectivity index (χ4n) is 1.23. The molecule has 1 aromatic rings. The van der Waals surface area contributed by atoms with Crippen LogP contribution in [0.15, 0.2) is 18.2 Å². The van der Waals surface area contributed by atoms with Gasteiger partial charge in [0.05, 0.1) is 0 Å². The third kappa shape index (κ3) is 2.71. The molecule has 0 spiro atoms. The van der Waals surface area contributed by atoms with Crippen molar-refractivity contribution in [3.05, 3.63) is 34.3 Å². The lowest BCUT2D eigenvalue weighted by atomic mass is 9.98. The van der Waals surface area contributed by atoms with Crippen molar-refractivity contribution in [2.24, 2.45) is 5.73 Å². The molecule has 0 aromatic heterocycles. The molecule has 0 aliphatic rings. The van der Waals surface area contributed by atoms with Gasteiger partial charge < -0.3 is 5.73 Å². The Labute approximate surface area is 84.9 Å². The Morgan fingerprint density at radius 2 is 1.62 bits per heavy atom. The fraction of sp³-hybridized carbons (Fsp3) is 0.455. The standard InChI is InChI=1S/C11H16ClN/c1-7(2)9-4-10(8(3)13)6-11(12)5-9/h4-8H,13H2,1-3H3. The smallest absolute Gasteiger partial charge is 0.0412 e. The minimum Gasteiger partial charge on any atom is -0.324 e. The minimum absolute atomic E-state index is 0.0520. The summed E-state index contributed by atoms with van der Waals surface area (Å²) in [5, 5.41) is 0.776. The Morgan fingerprint density at radius 3 is 2.08 bits per heavy atom. The van der Waals surface area contributed by atoms with Gasteiger partial charge in [-0.3, -0.25) is 0 Å². The topological polar surface area (TPSA) is 26.0 Å². The predicted molar refractivity (Wildman–Crippen MR) is 58.1 cm³/mol. The molecule has 0 aliphatic heterocycles. The van der Waals surface area contributed by atoms with Gasteiger partial charge in [-0.1, -0.05) is 31.5 Å². The van der Waals surface area contributed by atoms with Crippen LogP contribution in [0.5, 0.6) is 0 Å². The number of benzene rings is 1. The van der Waals surface area contributed by atoms with Crippen molar-refractivity contribution in [1.82, 2.24) is 0 Å². The van der Waals surface area contributed by atoms with E-state index in [1.54, 1.807) is 0 Å². The van der Waals surface area contributed by atoms with Gasteiger partial charge in [0, 0.05) is 11.1 Å². The molecule has 1 unspecified atom stereocenters. The first-order valence-corrected chi connectivity index (χ1v) is 4.94.